The molecule has 0 aromatic rings. The van der Waals surface area contributed by atoms with Gasteiger partial charge in [-0.05, 0) is 6.42 Å². The van der Waals surface area contributed by atoms with E-state index in [2.05, 4.69) is 11.9 Å². The summed E-state index contributed by atoms with van der Waals surface area (Å²) in [6, 6.07) is -0.109. The molecule has 2 heterocycles. The molecule has 78 valence electrons. The van der Waals surface area contributed by atoms with E-state index in [0.29, 0.717) is 19.6 Å². The molecule has 1 amide bonds. The van der Waals surface area contributed by atoms with Crippen LogP contribution in [0.3, 0.4) is 0 Å². The first-order valence-corrected chi connectivity index (χ1v) is 4.69. The third-order valence-corrected chi connectivity index (χ3v) is 2.63. The van der Waals surface area contributed by atoms with E-state index in [0.717, 1.165) is 12.1 Å². The largest absolute Gasteiger partial charge is 0.465 e. The Morgan fingerprint density at radius 3 is 3.07 bits per heavy atom. The highest BCUT2D eigenvalue weighted by molar-refractivity contribution is 5.66. The van der Waals surface area contributed by atoms with Gasteiger partial charge in [0.1, 0.15) is 6.23 Å². The first kappa shape index (κ1) is 9.48. The molecule has 2 rings (SSSR count). The summed E-state index contributed by atoms with van der Waals surface area (Å²) in [4.78, 5) is 12.3. The van der Waals surface area contributed by atoms with E-state index in [1.165, 1.54) is 4.90 Å². The van der Waals surface area contributed by atoms with Crippen molar-refractivity contribution in [3.05, 3.63) is 12.2 Å². The van der Waals surface area contributed by atoms with Gasteiger partial charge in [-0.2, -0.15) is 0 Å². The Labute approximate surface area is 82.3 Å². The Kier molecular flexibility index (Phi) is 2.43. The van der Waals surface area contributed by atoms with Gasteiger partial charge in [-0.1, -0.05) is 12.2 Å². The highest BCUT2D eigenvalue weighted by Crippen LogP contribution is 2.25. The Hall–Kier alpha value is -1.07. The fourth-order valence-corrected chi connectivity index (χ4v) is 2.00. The minimum absolute atomic E-state index is 0.109. The molecule has 0 radical (unpaired) electrons. The number of hydrogen-bond donors (Lipinski definition) is 2. The third-order valence-electron chi connectivity index (χ3n) is 2.63. The van der Waals surface area contributed by atoms with Gasteiger partial charge in [0.2, 0.25) is 0 Å². The predicted octanol–water partition coefficient (Wildman–Crippen LogP) is 0.241. The molecule has 2 atom stereocenters. The molecule has 0 aromatic heterocycles. The number of nitrogens with zero attached hydrogens (tertiary/aromatic N) is 1. The molecular weight excluding hydrogens is 184 g/mol. The average Bonchev–Trinajstić information content (AvgIpc) is 2.70. The zero-order valence-corrected chi connectivity index (χ0v) is 7.90. The molecular formula is C9H14N2O3. The molecule has 2 aliphatic heterocycles. The average molecular weight is 198 g/mol. The van der Waals surface area contributed by atoms with E-state index >= 15 is 0 Å². The Balaban J connectivity index is 2.08. The molecule has 2 fully saturated rings. The number of carboxylic acid groups (broad SMARTS) is 1. The van der Waals surface area contributed by atoms with E-state index in [1.54, 1.807) is 0 Å². The second-order valence-electron chi connectivity index (χ2n) is 3.68. The molecule has 1 unspecified atom stereocenters. The van der Waals surface area contributed by atoms with Gasteiger partial charge in [0.25, 0.3) is 0 Å². The van der Waals surface area contributed by atoms with E-state index in [9.17, 15) is 4.79 Å². The Morgan fingerprint density at radius 1 is 1.71 bits per heavy atom. The van der Waals surface area contributed by atoms with Crippen LogP contribution in [0.15, 0.2) is 12.2 Å². The lowest BCUT2D eigenvalue weighted by atomic mass is 10.1. The molecule has 5 nitrogen and oxygen atoms in total. The van der Waals surface area contributed by atoms with Crippen LogP contribution < -0.4 is 5.32 Å². The van der Waals surface area contributed by atoms with Crippen LogP contribution in [0, 0.1) is 0 Å². The predicted molar refractivity (Wildman–Crippen MR) is 50.0 cm³/mol. The molecule has 2 aliphatic rings. The summed E-state index contributed by atoms with van der Waals surface area (Å²) in [7, 11) is 0. The topological polar surface area (TPSA) is 61.8 Å². The van der Waals surface area contributed by atoms with Gasteiger partial charge in [-0.15, -0.1) is 0 Å². The molecule has 0 saturated carbocycles. The summed E-state index contributed by atoms with van der Waals surface area (Å²) in [6.45, 7) is 5.70. The Bertz CT molecular complexity index is 261. The van der Waals surface area contributed by atoms with E-state index in [1.807, 2.05) is 0 Å². The van der Waals surface area contributed by atoms with Gasteiger partial charge in [-0.25, -0.2) is 4.79 Å². The van der Waals surface area contributed by atoms with Crippen molar-refractivity contribution in [1.29, 1.82) is 0 Å². The van der Waals surface area contributed by atoms with Crippen molar-refractivity contribution in [2.24, 2.45) is 0 Å². The highest BCUT2D eigenvalue weighted by Gasteiger charge is 2.38. The minimum Gasteiger partial charge on any atom is -0.465 e. The quantitative estimate of drug-likeness (QED) is 0.592. The van der Waals surface area contributed by atoms with Crippen molar-refractivity contribution in [2.45, 2.75) is 18.7 Å². The van der Waals surface area contributed by atoms with Crippen LogP contribution in [0.1, 0.15) is 6.42 Å². The maximum absolute atomic E-state index is 10.9. The van der Waals surface area contributed by atoms with Crippen molar-refractivity contribution in [1.82, 2.24) is 10.2 Å². The van der Waals surface area contributed by atoms with Crippen LogP contribution in [0.5, 0.6) is 0 Å². The molecule has 0 aliphatic carbocycles. The van der Waals surface area contributed by atoms with E-state index < -0.39 is 6.09 Å². The first-order chi connectivity index (χ1) is 6.68. The number of carbonyl (C=O) groups is 1. The normalized spacial score (nSPS) is 32.6. The van der Waals surface area contributed by atoms with Crippen molar-refractivity contribution in [3.63, 3.8) is 0 Å². The molecule has 14 heavy (non-hydrogen) atoms. The molecule has 5 heteroatoms. The van der Waals surface area contributed by atoms with Crippen molar-refractivity contribution >= 4 is 6.09 Å². The van der Waals surface area contributed by atoms with Crippen molar-refractivity contribution in [2.75, 3.05) is 19.7 Å². The van der Waals surface area contributed by atoms with Gasteiger partial charge >= 0.3 is 6.09 Å². The second-order valence-corrected chi connectivity index (χ2v) is 3.68. The molecule has 2 saturated heterocycles. The lowest BCUT2D eigenvalue weighted by Gasteiger charge is -2.25. The molecule has 0 spiro atoms. The van der Waals surface area contributed by atoms with Gasteiger partial charge in [-0.3, -0.25) is 10.2 Å². The van der Waals surface area contributed by atoms with Crippen LogP contribution in [0.4, 0.5) is 4.79 Å². The van der Waals surface area contributed by atoms with Gasteiger partial charge in [0, 0.05) is 13.1 Å². The molecule has 2 N–H and O–H groups in total. The summed E-state index contributed by atoms with van der Waals surface area (Å²) in [5.41, 5.74) is 0.953. The van der Waals surface area contributed by atoms with Crippen molar-refractivity contribution in [3.8, 4) is 0 Å². The zero-order chi connectivity index (χ0) is 10.1. The van der Waals surface area contributed by atoms with Gasteiger partial charge < -0.3 is 9.84 Å². The first-order valence-electron chi connectivity index (χ1n) is 4.69. The number of nitrogens with one attached hydrogen (secondary N) is 1. The van der Waals surface area contributed by atoms with Crippen LogP contribution in [0.2, 0.25) is 0 Å². The maximum atomic E-state index is 10.9. The summed E-state index contributed by atoms with van der Waals surface area (Å²) in [5, 5.41) is 12.1. The van der Waals surface area contributed by atoms with Crippen LogP contribution in [-0.4, -0.2) is 48.1 Å². The zero-order valence-electron chi connectivity index (χ0n) is 7.90. The van der Waals surface area contributed by atoms with E-state index in [4.69, 9.17) is 9.84 Å². The summed E-state index contributed by atoms with van der Waals surface area (Å²) in [5.74, 6) is 0. The van der Waals surface area contributed by atoms with Gasteiger partial charge in [0.15, 0.2) is 0 Å². The van der Waals surface area contributed by atoms with Crippen LogP contribution in [-0.2, 0) is 4.74 Å². The smallest absolute Gasteiger partial charge is 0.407 e. The lowest BCUT2D eigenvalue weighted by Crippen LogP contribution is -2.46. The Morgan fingerprint density at radius 2 is 2.50 bits per heavy atom. The summed E-state index contributed by atoms with van der Waals surface area (Å²) >= 11 is 0. The monoisotopic (exact) mass is 198 g/mol. The van der Waals surface area contributed by atoms with Crippen LogP contribution >= 0.6 is 0 Å². The standard InChI is InChI=1S/C9H14N2O3/c1-6-4-7(8-10-2-3-14-8)11(5-6)9(12)13/h7-8,10H,1-5H2,(H,12,13)/t7-,8?/m0/s1. The number of ether oxygens (including phenoxy) is 1. The third kappa shape index (κ3) is 1.60. The second kappa shape index (κ2) is 3.59. The maximum Gasteiger partial charge on any atom is 0.407 e. The summed E-state index contributed by atoms with van der Waals surface area (Å²) < 4.78 is 5.41. The number of rotatable bonds is 1. The van der Waals surface area contributed by atoms with E-state index in [-0.39, 0.29) is 12.3 Å². The fourth-order valence-electron chi connectivity index (χ4n) is 2.00. The molecule has 0 aromatic carbocycles. The minimum atomic E-state index is -0.897. The van der Waals surface area contributed by atoms with Crippen LogP contribution in [0.25, 0.3) is 0 Å². The summed E-state index contributed by atoms with van der Waals surface area (Å²) in [6.07, 6.45) is -0.361. The lowest BCUT2D eigenvalue weighted by molar-refractivity contribution is 0.0330. The van der Waals surface area contributed by atoms with Gasteiger partial charge in [0.05, 0.1) is 12.6 Å². The SMILES string of the molecule is C=C1C[C@@H](C2NCCO2)N(C(=O)O)C1. The van der Waals surface area contributed by atoms with Crippen molar-refractivity contribution < 1.29 is 14.6 Å². The number of likely N-dealkylation sites (tertiary alicyclic amines) is 1. The number of hydrogen-bond acceptors (Lipinski definition) is 3. The number of amides is 1. The highest BCUT2D eigenvalue weighted by atomic mass is 16.5. The fraction of sp³-hybridized carbons (Fsp3) is 0.667. The molecule has 0 bridgehead atoms.